The number of ether oxygens (including phenoxy) is 2. The van der Waals surface area contributed by atoms with Crippen LogP contribution >= 0.6 is 0 Å². The Morgan fingerprint density at radius 3 is 2.50 bits per heavy atom. The molecule has 1 aromatic rings. The second-order valence-corrected chi connectivity index (χ2v) is 5.00. The van der Waals surface area contributed by atoms with E-state index in [1.54, 1.807) is 24.3 Å². The molecule has 0 saturated carbocycles. The largest absolute Gasteiger partial charge is 0.494 e. The second kappa shape index (κ2) is 7.90. The smallest absolute Gasteiger partial charge is 0.338 e. The van der Waals surface area contributed by atoms with Gasteiger partial charge >= 0.3 is 5.97 Å². The number of carbonyl (C=O) groups is 1. The topological polar surface area (TPSA) is 38.8 Å². The molecule has 0 bridgehead atoms. The molecule has 0 radical (unpaired) electrons. The van der Waals surface area contributed by atoms with Gasteiger partial charge in [0.25, 0.3) is 0 Å². The Labute approximate surface area is 120 Å². The van der Waals surface area contributed by atoms with Crippen LogP contribution in [-0.2, 0) is 4.74 Å². The standard InChI is InChI=1S/C16H23NO3/c1-2-19-15-8-6-14(7-9-15)16(18)20-13-12-17-10-4-3-5-11-17/h6-9H,2-5,10-13H2,1H3. The first-order valence-electron chi connectivity index (χ1n) is 7.42. The zero-order chi connectivity index (χ0) is 14.2. The van der Waals surface area contributed by atoms with Crippen molar-refractivity contribution in [2.45, 2.75) is 26.2 Å². The highest BCUT2D eigenvalue weighted by atomic mass is 16.5. The highest BCUT2D eigenvalue weighted by molar-refractivity contribution is 5.89. The maximum absolute atomic E-state index is 11.9. The molecule has 1 saturated heterocycles. The van der Waals surface area contributed by atoms with E-state index in [0.29, 0.717) is 18.8 Å². The Hall–Kier alpha value is -1.55. The molecule has 1 fully saturated rings. The van der Waals surface area contributed by atoms with E-state index < -0.39 is 0 Å². The van der Waals surface area contributed by atoms with Gasteiger partial charge in [0.15, 0.2) is 0 Å². The molecule has 1 heterocycles. The summed E-state index contributed by atoms with van der Waals surface area (Å²) in [5.74, 6) is 0.516. The first-order chi connectivity index (χ1) is 9.79. The van der Waals surface area contributed by atoms with Crippen molar-refractivity contribution in [3.63, 3.8) is 0 Å². The molecule has 1 aliphatic rings. The van der Waals surface area contributed by atoms with Gasteiger partial charge in [0.05, 0.1) is 12.2 Å². The molecule has 110 valence electrons. The third-order valence-electron chi connectivity index (χ3n) is 3.49. The lowest BCUT2D eigenvalue weighted by molar-refractivity contribution is 0.0452. The summed E-state index contributed by atoms with van der Waals surface area (Å²) in [6, 6.07) is 7.08. The number of benzene rings is 1. The molecule has 0 atom stereocenters. The first kappa shape index (κ1) is 14.9. The molecule has 0 spiro atoms. The fraction of sp³-hybridized carbons (Fsp3) is 0.562. The van der Waals surface area contributed by atoms with Crippen LogP contribution in [0.5, 0.6) is 5.75 Å². The summed E-state index contributed by atoms with van der Waals surface area (Å²) in [4.78, 5) is 14.2. The summed E-state index contributed by atoms with van der Waals surface area (Å²) in [6.07, 6.45) is 3.84. The van der Waals surface area contributed by atoms with Gasteiger partial charge < -0.3 is 9.47 Å². The quantitative estimate of drug-likeness (QED) is 0.749. The van der Waals surface area contributed by atoms with Gasteiger partial charge in [-0.3, -0.25) is 4.90 Å². The normalized spacial score (nSPS) is 15.8. The number of esters is 1. The lowest BCUT2D eigenvalue weighted by atomic mass is 10.1. The van der Waals surface area contributed by atoms with E-state index in [-0.39, 0.29) is 5.97 Å². The summed E-state index contributed by atoms with van der Waals surface area (Å²) in [6.45, 7) is 6.11. The van der Waals surface area contributed by atoms with Crippen molar-refractivity contribution in [2.24, 2.45) is 0 Å². The Bertz CT molecular complexity index is 410. The summed E-state index contributed by atoms with van der Waals surface area (Å²) in [7, 11) is 0. The molecule has 1 aromatic carbocycles. The van der Waals surface area contributed by atoms with E-state index in [1.807, 2.05) is 6.92 Å². The minimum Gasteiger partial charge on any atom is -0.494 e. The highest BCUT2D eigenvalue weighted by Gasteiger charge is 2.11. The van der Waals surface area contributed by atoms with Crippen molar-refractivity contribution < 1.29 is 14.3 Å². The van der Waals surface area contributed by atoms with Gasteiger partial charge in [0.2, 0.25) is 0 Å². The van der Waals surface area contributed by atoms with Crippen LogP contribution in [0, 0.1) is 0 Å². The van der Waals surface area contributed by atoms with Crippen LogP contribution < -0.4 is 4.74 Å². The van der Waals surface area contributed by atoms with E-state index in [0.717, 1.165) is 25.4 Å². The average molecular weight is 277 g/mol. The third kappa shape index (κ3) is 4.53. The maximum atomic E-state index is 11.9. The number of nitrogens with zero attached hydrogens (tertiary/aromatic N) is 1. The Balaban J connectivity index is 1.73. The minimum absolute atomic E-state index is 0.259. The molecule has 4 nitrogen and oxygen atoms in total. The van der Waals surface area contributed by atoms with Crippen LogP contribution in [0.1, 0.15) is 36.5 Å². The monoisotopic (exact) mass is 277 g/mol. The van der Waals surface area contributed by atoms with Gasteiger partial charge in [-0.25, -0.2) is 4.79 Å². The summed E-state index contributed by atoms with van der Waals surface area (Å²) in [5.41, 5.74) is 0.576. The molecule has 2 rings (SSSR count). The van der Waals surface area contributed by atoms with Crippen LogP contribution in [0.2, 0.25) is 0 Å². The number of likely N-dealkylation sites (tertiary alicyclic amines) is 1. The summed E-state index contributed by atoms with van der Waals surface area (Å²) < 4.78 is 10.7. The van der Waals surface area contributed by atoms with E-state index in [4.69, 9.17) is 9.47 Å². The molecule has 0 amide bonds. The van der Waals surface area contributed by atoms with E-state index in [1.165, 1.54) is 19.3 Å². The molecule has 4 heteroatoms. The Morgan fingerprint density at radius 2 is 1.85 bits per heavy atom. The summed E-state index contributed by atoms with van der Waals surface area (Å²) >= 11 is 0. The number of hydrogen-bond donors (Lipinski definition) is 0. The molecule has 20 heavy (non-hydrogen) atoms. The number of piperidine rings is 1. The highest BCUT2D eigenvalue weighted by Crippen LogP contribution is 2.13. The molecule has 1 aliphatic heterocycles. The minimum atomic E-state index is -0.259. The lowest BCUT2D eigenvalue weighted by Gasteiger charge is -2.25. The Morgan fingerprint density at radius 1 is 1.15 bits per heavy atom. The van der Waals surface area contributed by atoms with E-state index in [2.05, 4.69) is 4.90 Å². The number of hydrogen-bond acceptors (Lipinski definition) is 4. The zero-order valence-corrected chi connectivity index (χ0v) is 12.1. The van der Waals surface area contributed by atoms with Gasteiger partial charge in [-0.1, -0.05) is 6.42 Å². The van der Waals surface area contributed by atoms with Crippen LogP contribution in [-0.4, -0.2) is 43.7 Å². The van der Waals surface area contributed by atoms with E-state index in [9.17, 15) is 4.79 Å². The van der Waals surface area contributed by atoms with Crippen molar-refractivity contribution in [1.82, 2.24) is 4.90 Å². The molecule has 0 aliphatic carbocycles. The molecule has 0 unspecified atom stereocenters. The fourth-order valence-electron chi connectivity index (χ4n) is 2.39. The van der Waals surface area contributed by atoms with Gasteiger partial charge in [0.1, 0.15) is 12.4 Å². The average Bonchev–Trinajstić information content (AvgIpc) is 2.49. The number of carbonyl (C=O) groups excluding carboxylic acids is 1. The predicted octanol–water partition coefficient (Wildman–Crippen LogP) is 2.73. The molecule has 0 aromatic heterocycles. The van der Waals surface area contributed by atoms with Gasteiger partial charge in [0, 0.05) is 6.54 Å². The van der Waals surface area contributed by atoms with Crippen molar-refractivity contribution in [1.29, 1.82) is 0 Å². The van der Waals surface area contributed by atoms with Gasteiger partial charge in [-0.2, -0.15) is 0 Å². The summed E-state index contributed by atoms with van der Waals surface area (Å²) in [5, 5.41) is 0. The van der Waals surface area contributed by atoms with Crippen LogP contribution in [0.15, 0.2) is 24.3 Å². The van der Waals surface area contributed by atoms with Crippen molar-refractivity contribution in [2.75, 3.05) is 32.8 Å². The zero-order valence-electron chi connectivity index (χ0n) is 12.1. The first-order valence-corrected chi connectivity index (χ1v) is 7.42. The van der Waals surface area contributed by atoms with Crippen LogP contribution in [0.25, 0.3) is 0 Å². The van der Waals surface area contributed by atoms with E-state index >= 15 is 0 Å². The van der Waals surface area contributed by atoms with Crippen LogP contribution in [0.3, 0.4) is 0 Å². The molecule has 0 N–H and O–H groups in total. The van der Waals surface area contributed by atoms with Gasteiger partial charge in [-0.15, -0.1) is 0 Å². The lowest BCUT2D eigenvalue weighted by Crippen LogP contribution is -2.33. The SMILES string of the molecule is CCOc1ccc(C(=O)OCCN2CCCCC2)cc1. The van der Waals surface area contributed by atoms with Crippen LogP contribution in [0.4, 0.5) is 0 Å². The molecular formula is C16H23NO3. The molecular weight excluding hydrogens is 254 g/mol. The maximum Gasteiger partial charge on any atom is 0.338 e. The fourth-order valence-corrected chi connectivity index (χ4v) is 2.39. The number of rotatable bonds is 6. The van der Waals surface area contributed by atoms with Crippen molar-refractivity contribution >= 4 is 5.97 Å². The third-order valence-corrected chi connectivity index (χ3v) is 3.49. The van der Waals surface area contributed by atoms with Crippen molar-refractivity contribution in [3.05, 3.63) is 29.8 Å². The predicted molar refractivity (Wildman–Crippen MR) is 78.2 cm³/mol. The van der Waals surface area contributed by atoms with Gasteiger partial charge in [-0.05, 0) is 57.1 Å². The second-order valence-electron chi connectivity index (χ2n) is 5.00. The Kier molecular flexibility index (Phi) is 5.87. The van der Waals surface area contributed by atoms with Crippen molar-refractivity contribution in [3.8, 4) is 5.75 Å².